The number of aromatic nitrogens is 3. The number of carbonyl (C=O) groups excluding carboxylic acids is 1. The minimum Gasteiger partial charge on any atom is -0.486 e. The normalized spacial score (nSPS) is 10.6. The number of benzene rings is 3. The van der Waals surface area contributed by atoms with Crippen LogP contribution in [0.2, 0.25) is 0 Å². The zero-order valence-electron chi connectivity index (χ0n) is 16.4. The Kier molecular flexibility index (Phi) is 7.01. The number of carbonyl (C=O) groups is 1. The van der Waals surface area contributed by atoms with E-state index in [0.717, 1.165) is 21.6 Å². The predicted octanol–water partition coefficient (Wildman–Crippen LogP) is 5.34. The molecule has 6 nitrogen and oxygen atoms in total. The van der Waals surface area contributed by atoms with Crippen LogP contribution in [-0.2, 0) is 11.4 Å². The van der Waals surface area contributed by atoms with Crippen LogP contribution in [0.5, 0.6) is 5.75 Å². The molecule has 31 heavy (non-hydrogen) atoms. The molecule has 4 rings (SSSR count). The summed E-state index contributed by atoms with van der Waals surface area (Å²) in [5.41, 5.74) is 1.66. The Morgan fingerprint density at radius 3 is 2.32 bits per heavy atom. The number of hydrogen-bond acceptors (Lipinski definition) is 5. The molecular formula is C23H19BrN4O2S. The third kappa shape index (κ3) is 5.74. The van der Waals surface area contributed by atoms with E-state index in [4.69, 9.17) is 4.74 Å². The summed E-state index contributed by atoms with van der Waals surface area (Å²) in [5, 5.41) is 12.1. The molecule has 1 N–H and O–H groups in total. The number of thioether (sulfide) groups is 1. The number of hydrogen-bond donors (Lipinski definition) is 1. The molecule has 0 bridgehead atoms. The SMILES string of the molecule is O=C(CSc1nnc(COc2ccccc2)n1-c1ccccc1)Nc1ccc(Br)cc1. The van der Waals surface area contributed by atoms with Crippen LogP contribution < -0.4 is 10.1 Å². The molecule has 3 aromatic carbocycles. The fourth-order valence-corrected chi connectivity index (χ4v) is 3.88. The van der Waals surface area contributed by atoms with Crippen molar-refractivity contribution in [3.05, 3.63) is 95.2 Å². The molecule has 0 aliphatic carbocycles. The van der Waals surface area contributed by atoms with E-state index < -0.39 is 0 Å². The first-order valence-electron chi connectivity index (χ1n) is 9.55. The third-order valence-electron chi connectivity index (χ3n) is 4.29. The van der Waals surface area contributed by atoms with Crippen molar-refractivity contribution in [2.45, 2.75) is 11.8 Å². The van der Waals surface area contributed by atoms with Crippen molar-refractivity contribution in [1.29, 1.82) is 0 Å². The summed E-state index contributed by atoms with van der Waals surface area (Å²) in [6.07, 6.45) is 0. The smallest absolute Gasteiger partial charge is 0.234 e. The van der Waals surface area contributed by atoms with Crippen molar-refractivity contribution < 1.29 is 9.53 Å². The van der Waals surface area contributed by atoms with Gasteiger partial charge in [0.05, 0.1) is 5.75 Å². The predicted molar refractivity (Wildman–Crippen MR) is 126 cm³/mol. The van der Waals surface area contributed by atoms with Crippen molar-refractivity contribution >= 4 is 39.3 Å². The average molecular weight is 495 g/mol. The molecule has 1 aromatic heterocycles. The number of nitrogens with zero attached hydrogens (tertiary/aromatic N) is 3. The molecule has 1 heterocycles. The first-order valence-corrected chi connectivity index (χ1v) is 11.3. The summed E-state index contributed by atoms with van der Waals surface area (Å²) in [5.74, 6) is 1.51. The molecule has 1 amide bonds. The highest BCUT2D eigenvalue weighted by atomic mass is 79.9. The topological polar surface area (TPSA) is 69.0 Å². The highest BCUT2D eigenvalue weighted by Gasteiger charge is 2.16. The van der Waals surface area contributed by atoms with E-state index in [9.17, 15) is 4.79 Å². The lowest BCUT2D eigenvalue weighted by Gasteiger charge is -2.11. The molecule has 0 radical (unpaired) electrons. The van der Waals surface area contributed by atoms with E-state index in [-0.39, 0.29) is 18.3 Å². The molecule has 0 saturated carbocycles. The molecule has 0 aliphatic heterocycles. The van der Waals surface area contributed by atoms with Gasteiger partial charge in [0, 0.05) is 15.8 Å². The van der Waals surface area contributed by atoms with Crippen molar-refractivity contribution in [3.63, 3.8) is 0 Å². The van der Waals surface area contributed by atoms with Gasteiger partial charge in [0.1, 0.15) is 12.4 Å². The standard InChI is InChI=1S/C23H19BrN4O2S/c24-17-11-13-18(14-12-17)25-22(29)16-31-23-27-26-21(15-30-20-9-5-2-6-10-20)28(23)19-7-3-1-4-8-19/h1-14H,15-16H2,(H,25,29). The summed E-state index contributed by atoms with van der Waals surface area (Å²) in [7, 11) is 0. The zero-order chi connectivity index (χ0) is 21.5. The Hall–Kier alpha value is -3.10. The van der Waals surface area contributed by atoms with Crippen LogP contribution in [0.15, 0.2) is 94.6 Å². The van der Waals surface area contributed by atoms with Gasteiger partial charge in [-0.15, -0.1) is 10.2 Å². The van der Waals surface area contributed by atoms with Crippen LogP contribution in [-0.4, -0.2) is 26.4 Å². The maximum atomic E-state index is 12.4. The van der Waals surface area contributed by atoms with Gasteiger partial charge in [-0.2, -0.15) is 0 Å². The second-order valence-electron chi connectivity index (χ2n) is 6.52. The van der Waals surface area contributed by atoms with Gasteiger partial charge >= 0.3 is 0 Å². The molecule has 0 atom stereocenters. The second-order valence-corrected chi connectivity index (χ2v) is 8.37. The summed E-state index contributed by atoms with van der Waals surface area (Å²) < 4.78 is 8.74. The highest BCUT2D eigenvalue weighted by Crippen LogP contribution is 2.23. The van der Waals surface area contributed by atoms with Crippen LogP contribution in [0.25, 0.3) is 5.69 Å². The van der Waals surface area contributed by atoms with Gasteiger partial charge in [-0.1, -0.05) is 64.1 Å². The quantitative estimate of drug-likeness (QED) is 0.334. The summed E-state index contributed by atoms with van der Waals surface area (Å²) in [6, 6.07) is 26.8. The van der Waals surface area contributed by atoms with Crippen LogP contribution in [0.4, 0.5) is 5.69 Å². The number of ether oxygens (including phenoxy) is 1. The molecule has 0 saturated heterocycles. The Morgan fingerprint density at radius 2 is 1.61 bits per heavy atom. The lowest BCUT2D eigenvalue weighted by molar-refractivity contribution is -0.113. The van der Waals surface area contributed by atoms with Gasteiger partial charge in [-0.25, -0.2) is 0 Å². The van der Waals surface area contributed by atoms with Crippen molar-refractivity contribution in [1.82, 2.24) is 14.8 Å². The summed E-state index contributed by atoms with van der Waals surface area (Å²) in [4.78, 5) is 12.4. The van der Waals surface area contributed by atoms with Crippen molar-refractivity contribution in [3.8, 4) is 11.4 Å². The van der Waals surface area contributed by atoms with Crippen molar-refractivity contribution in [2.24, 2.45) is 0 Å². The third-order valence-corrected chi connectivity index (χ3v) is 5.74. The molecule has 4 aromatic rings. The van der Waals surface area contributed by atoms with Gasteiger partial charge in [0.15, 0.2) is 11.0 Å². The Labute approximate surface area is 192 Å². The minimum atomic E-state index is -0.114. The molecule has 156 valence electrons. The number of nitrogens with one attached hydrogen (secondary N) is 1. The van der Waals surface area contributed by atoms with Gasteiger partial charge in [-0.05, 0) is 48.5 Å². The number of halogens is 1. The van der Waals surface area contributed by atoms with Crippen LogP contribution in [0.1, 0.15) is 5.82 Å². The molecule has 0 spiro atoms. The van der Waals surface area contributed by atoms with Gasteiger partial charge in [0.2, 0.25) is 5.91 Å². The molecule has 0 unspecified atom stereocenters. The van der Waals surface area contributed by atoms with E-state index in [2.05, 4.69) is 31.4 Å². The maximum absolute atomic E-state index is 12.4. The van der Waals surface area contributed by atoms with Gasteiger partial charge < -0.3 is 10.1 Å². The largest absolute Gasteiger partial charge is 0.486 e. The van der Waals surface area contributed by atoms with E-state index in [1.807, 2.05) is 89.5 Å². The molecular weight excluding hydrogens is 476 g/mol. The first kappa shape index (κ1) is 21.1. The zero-order valence-corrected chi connectivity index (χ0v) is 18.8. The molecule has 8 heteroatoms. The average Bonchev–Trinajstić information content (AvgIpc) is 3.22. The van der Waals surface area contributed by atoms with Gasteiger partial charge in [-0.3, -0.25) is 9.36 Å². The fourth-order valence-electron chi connectivity index (χ4n) is 2.85. The Balaban J connectivity index is 1.48. The number of amides is 1. The summed E-state index contributed by atoms with van der Waals surface area (Å²) in [6.45, 7) is 0.261. The van der Waals surface area contributed by atoms with E-state index in [0.29, 0.717) is 11.0 Å². The van der Waals surface area contributed by atoms with Crippen LogP contribution >= 0.6 is 27.7 Å². The van der Waals surface area contributed by atoms with E-state index >= 15 is 0 Å². The lowest BCUT2D eigenvalue weighted by atomic mass is 10.3. The van der Waals surface area contributed by atoms with Crippen LogP contribution in [0, 0.1) is 0 Å². The lowest BCUT2D eigenvalue weighted by Crippen LogP contribution is -2.14. The number of anilines is 1. The van der Waals surface area contributed by atoms with Gasteiger partial charge in [0.25, 0.3) is 0 Å². The number of rotatable bonds is 8. The van der Waals surface area contributed by atoms with Crippen LogP contribution in [0.3, 0.4) is 0 Å². The second kappa shape index (κ2) is 10.3. The fraction of sp³-hybridized carbons (Fsp3) is 0.0870. The molecule has 0 aliphatic rings. The Bertz CT molecular complexity index is 1140. The number of para-hydroxylation sites is 2. The monoisotopic (exact) mass is 494 g/mol. The van der Waals surface area contributed by atoms with E-state index in [1.54, 1.807) is 0 Å². The Morgan fingerprint density at radius 1 is 0.935 bits per heavy atom. The van der Waals surface area contributed by atoms with Crippen molar-refractivity contribution in [2.75, 3.05) is 11.1 Å². The first-order chi connectivity index (χ1) is 15.2. The minimum absolute atomic E-state index is 0.114. The summed E-state index contributed by atoms with van der Waals surface area (Å²) >= 11 is 4.72. The maximum Gasteiger partial charge on any atom is 0.234 e. The van der Waals surface area contributed by atoms with E-state index in [1.165, 1.54) is 11.8 Å². The molecule has 0 fully saturated rings. The highest BCUT2D eigenvalue weighted by molar-refractivity contribution is 9.10.